The fourth-order valence-electron chi connectivity index (χ4n) is 0.743. The Bertz CT molecular complexity index is 170. The molecule has 0 atom stereocenters. The molecule has 54 valence electrons. The van der Waals surface area contributed by atoms with Gasteiger partial charge in [0.05, 0.1) is 5.69 Å². The molecule has 0 amide bonds. The van der Waals surface area contributed by atoms with E-state index < -0.39 is 0 Å². The van der Waals surface area contributed by atoms with Crippen molar-refractivity contribution in [2.24, 2.45) is 0 Å². The van der Waals surface area contributed by atoms with Crippen LogP contribution in [0.15, 0.2) is 18.3 Å². The van der Waals surface area contributed by atoms with Gasteiger partial charge in [-0.1, -0.05) is 28.9 Å². The summed E-state index contributed by atoms with van der Waals surface area (Å²) >= 11 is 3.34. The van der Waals surface area contributed by atoms with E-state index in [4.69, 9.17) is 0 Å². The van der Waals surface area contributed by atoms with Crippen LogP contribution in [0.5, 0.6) is 0 Å². The molecular weight excluding hydrogens is 190 g/mol. The minimum atomic E-state index is 0.844. The van der Waals surface area contributed by atoms with Crippen LogP contribution < -0.4 is 0 Å². The first-order chi connectivity index (χ1) is 4.86. The highest BCUT2D eigenvalue weighted by atomic mass is 79.9. The number of hydrogen-bond acceptors (Lipinski definition) is 1. The van der Waals surface area contributed by atoms with Gasteiger partial charge in [0.1, 0.15) is 0 Å². The highest BCUT2D eigenvalue weighted by Gasteiger charge is 1.90. The first-order valence-electron chi connectivity index (χ1n) is 3.36. The fraction of sp³-hybridized carbons (Fsp3) is 0.375. The maximum absolute atomic E-state index is 4.22. The van der Waals surface area contributed by atoms with E-state index in [1.165, 1.54) is 5.56 Å². The number of hydrogen-bond donors (Lipinski definition) is 0. The minimum absolute atomic E-state index is 0.844. The van der Waals surface area contributed by atoms with E-state index in [1.54, 1.807) is 0 Å². The third-order valence-corrected chi connectivity index (χ3v) is 2.01. The molecule has 0 N–H and O–H groups in total. The molecule has 0 aliphatic rings. The van der Waals surface area contributed by atoms with Gasteiger partial charge in [0.25, 0.3) is 0 Å². The predicted octanol–water partition coefficient (Wildman–Crippen LogP) is 2.54. The van der Waals surface area contributed by atoms with Crippen molar-refractivity contribution in [3.05, 3.63) is 29.6 Å². The second-order valence-corrected chi connectivity index (χ2v) is 2.71. The van der Waals surface area contributed by atoms with E-state index in [9.17, 15) is 0 Å². The summed E-state index contributed by atoms with van der Waals surface area (Å²) in [5.74, 6) is 0. The van der Waals surface area contributed by atoms with Crippen LogP contribution in [0, 0.1) is 0 Å². The lowest BCUT2D eigenvalue weighted by Crippen LogP contribution is -1.86. The molecule has 1 aromatic rings. The van der Waals surface area contributed by atoms with Gasteiger partial charge in [-0.25, -0.2) is 0 Å². The average molecular weight is 200 g/mol. The number of aromatic nitrogens is 1. The van der Waals surface area contributed by atoms with Crippen LogP contribution >= 0.6 is 15.9 Å². The molecule has 0 aromatic carbocycles. The Balaban J connectivity index is 2.80. The van der Waals surface area contributed by atoms with Gasteiger partial charge in [0.15, 0.2) is 0 Å². The van der Waals surface area contributed by atoms with Crippen LogP contribution in [0.1, 0.15) is 18.2 Å². The van der Waals surface area contributed by atoms with Crippen molar-refractivity contribution < 1.29 is 0 Å². The van der Waals surface area contributed by atoms with E-state index in [2.05, 4.69) is 33.9 Å². The molecule has 0 saturated heterocycles. The zero-order valence-corrected chi connectivity index (χ0v) is 7.56. The van der Waals surface area contributed by atoms with Crippen molar-refractivity contribution in [1.29, 1.82) is 0 Å². The Morgan fingerprint density at radius 3 is 2.70 bits per heavy atom. The average Bonchev–Trinajstić information content (AvgIpc) is 2.05. The Morgan fingerprint density at radius 1 is 1.50 bits per heavy atom. The molecule has 0 spiro atoms. The first-order valence-corrected chi connectivity index (χ1v) is 4.48. The smallest absolute Gasteiger partial charge is 0.0509 e. The molecule has 0 unspecified atom stereocenters. The van der Waals surface area contributed by atoms with Crippen LogP contribution in [0.3, 0.4) is 0 Å². The molecule has 0 saturated carbocycles. The molecule has 1 aromatic heterocycles. The third kappa shape index (κ3) is 1.81. The lowest BCUT2D eigenvalue weighted by molar-refractivity contribution is 1.07. The summed E-state index contributed by atoms with van der Waals surface area (Å²) in [7, 11) is 0. The van der Waals surface area contributed by atoms with Crippen LogP contribution in [0.4, 0.5) is 0 Å². The van der Waals surface area contributed by atoms with E-state index in [-0.39, 0.29) is 0 Å². The zero-order valence-electron chi connectivity index (χ0n) is 5.97. The molecule has 1 heterocycles. The van der Waals surface area contributed by atoms with Gasteiger partial charge in [-0.3, -0.25) is 4.98 Å². The zero-order chi connectivity index (χ0) is 7.40. The molecule has 1 rings (SSSR count). The summed E-state index contributed by atoms with van der Waals surface area (Å²) in [6, 6.07) is 4.16. The maximum atomic E-state index is 4.22. The molecule has 0 fully saturated rings. The summed E-state index contributed by atoms with van der Waals surface area (Å²) in [6.45, 7) is 2.13. The summed E-state index contributed by atoms with van der Waals surface area (Å²) in [4.78, 5) is 4.22. The maximum Gasteiger partial charge on any atom is 0.0509 e. The number of aryl methyl sites for hydroxylation is 1. The van der Waals surface area contributed by atoms with Crippen LogP contribution in [-0.4, -0.2) is 4.98 Å². The monoisotopic (exact) mass is 199 g/mol. The van der Waals surface area contributed by atoms with Gasteiger partial charge in [-0.2, -0.15) is 0 Å². The van der Waals surface area contributed by atoms with Crippen molar-refractivity contribution in [2.75, 3.05) is 0 Å². The number of nitrogens with zero attached hydrogens (tertiary/aromatic N) is 1. The largest absolute Gasteiger partial charge is 0.260 e. The SMILES string of the molecule is CCc1ccc(CBr)nc1. The van der Waals surface area contributed by atoms with Gasteiger partial charge in [-0.05, 0) is 18.1 Å². The van der Waals surface area contributed by atoms with E-state index in [0.29, 0.717) is 0 Å². The van der Waals surface area contributed by atoms with Crippen molar-refractivity contribution in [2.45, 2.75) is 18.7 Å². The summed E-state index contributed by atoms with van der Waals surface area (Å²) in [5.41, 5.74) is 2.39. The van der Waals surface area contributed by atoms with Crippen molar-refractivity contribution in [1.82, 2.24) is 4.98 Å². The van der Waals surface area contributed by atoms with Crippen LogP contribution in [-0.2, 0) is 11.8 Å². The van der Waals surface area contributed by atoms with Crippen LogP contribution in [0.25, 0.3) is 0 Å². The van der Waals surface area contributed by atoms with E-state index in [1.807, 2.05) is 12.3 Å². The van der Waals surface area contributed by atoms with E-state index in [0.717, 1.165) is 17.4 Å². The lowest BCUT2D eigenvalue weighted by atomic mass is 10.2. The molecule has 0 bridgehead atoms. The van der Waals surface area contributed by atoms with E-state index >= 15 is 0 Å². The molecule has 2 heteroatoms. The van der Waals surface area contributed by atoms with Gasteiger partial charge in [0.2, 0.25) is 0 Å². The Kier molecular flexibility index (Phi) is 2.87. The van der Waals surface area contributed by atoms with Gasteiger partial charge in [-0.15, -0.1) is 0 Å². The molecule has 1 nitrogen and oxygen atoms in total. The lowest BCUT2D eigenvalue weighted by Gasteiger charge is -1.95. The molecule has 0 aliphatic carbocycles. The molecule has 0 aliphatic heterocycles. The second-order valence-electron chi connectivity index (χ2n) is 2.14. The van der Waals surface area contributed by atoms with Crippen LogP contribution in [0.2, 0.25) is 0 Å². The number of alkyl halides is 1. The van der Waals surface area contributed by atoms with Gasteiger partial charge >= 0.3 is 0 Å². The number of pyridine rings is 1. The van der Waals surface area contributed by atoms with Crippen molar-refractivity contribution in [3.63, 3.8) is 0 Å². The normalized spacial score (nSPS) is 9.80. The predicted molar refractivity (Wildman–Crippen MR) is 46.2 cm³/mol. The summed E-state index contributed by atoms with van der Waals surface area (Å²) < 4.78 is 0. The van der Waals surface area contributed by atoms with Gasteiger partial charge in [0, 0.05) is 11.5 Å². The quantitative estimate of drug-likeness (QED) is 0.668. The summed E-state index contributed by atoms with van der Waals surface area (Å²) in [5, 5.41) is 0.844. The Morgan fingerprint density at radius 2 is 2.30 bits per heavy atom. The topological polar surface area (TPSA) is 12.9 Å². The number of rotatable bonds is 2. The molecule has 0 radical (unpaired) electrons. The third-order valence-electron chi connectivity index (χ3n) is 1.43. The first kappa shape index (κ1) is 7.73. The Hall–Kier alpha value is -0.370. The summed E-state index contributed by atoms with van der Waals surface area (Å²) in [6.07, 6.45) is 2.99. The van der Waals surface area contributed by atoms with Crippen molar-refractivity contribution >= 4 is 15.9 Å². The fourth-order valence-corrected chi connectivity index (χ4v) is 1.07. The highest BCUT2D eigenvalue weighted by molar-refractivity contribution is 9.08. The molecular formula is C8H10BrN. The van der Waals surface area contributed by atoms with Crippen molar-refractivity contribution in [3.8, 4) is 0 Å². The standard InChI is InChI=1S/C8H10BrN/c1-2-7-3-4-8(5-9)10-6-7/h3-4,6H,2,5H2,1H3. The second kappa shape index (κ2) is 3.71. The minimum Gasteiger partial charge on any atom is -0.260 e. The highest BCUT2D eigenvalue weighted by Crippen LogP contribution is 2.03. The Labute approximate surface area is 69.6 Å². The molecule has 10 heavy (non-hydrogen) atoms. The number of halogens is 1. The van der Waals surface area contributed by atoms with Gasteiger partial charge < -0.3 is 0 Å².